The number of hydrogen-bond donors (Lipinski definition) is 0. The molecule has 0 unspecified atom stereocenters. The summed E-state index contributed by atoms with van der Waals surface area (Å²) in [7, 11) is 0. The molecule has 10 heteroatoms. The summed E-state index contributed by atoms with van der Waals surface area (Å²) >= 11 is 0. The molecule has 0 aliphatic rings. The molecule has 0 atom stereocenters. The molecule has 0 radical (unpaired) electrons. The van der Waals surface area contributed by atoms with Crippen molar-refractivity contribution in [3.05, 3.63) is 221 Å². The zero-order chi connectivity index (χ0) is 45.6. The van der Waals surface area contributed by atoms with Crippen molar-refractivity contribution in [1.82, 2.24) is 0 Å². The number of anilines is 6. The largest absolute Gasteiger partial charge is 0.307 e. The lowest BCUT2D eigenvalue weighted by molar-refractivity contribution is 0.586. The minimum atomic E-state index is -0.857. The van der Waals surface area contributed by atoms with Crippen molar-refractivity contribution < 1.29 is 17.6 Å². The molecule has 0 amide bonds. The van der Waals surface area contributed by atoms with Crippen LogP contribution in [0.4, 0.5) is 57.4 Å². The molecule has 10 rings (SSSR count). The molecule has 10 aromatic carbocycles. The fraction of sp³-hybridized carbons (Fsp3) is 0. The normalized spacial score (nSPS) is 11.0. The van der Waals surface area contributed by atoms with Crippen LogP contribution in [-0.2, 0) is 0 Å². The summed E-state index contributed by atoms with van der Waals surface area (Å²) in [5.74, 6) is -3.34. The van der Waals surface area contributed by atoms with E-state index < -0.39 is 23.3 Å². The van der Waals surface area contributed by atoms with E-state index in [2.05, 4.69) is 23.1 Å². The number of halogens is 4. The maximum atomic E-state index is 16.5. The predicted octanol–water partition coefficient (Wildman–Crippen LogP) is 15.6. The van der Waals surface area contributed by atoms with Crippen LogP contribution >= 0.6 is 0 Å². The van der Waals surface area contributed by atoms with E-state index in [1.807, 2.05) is 48.5 Å². The number of hydrogen-bond acceptors (Lipinski definition) is 5. The summed E-state index contributed by atoms with van der Waals surface area (Å²) in [4.78, 5) is 6.88. The summed E-state index contributed by atoms with van der Waals surface area (Å²) < 4.78 is 64.6. The van der Waals surface area contributed by atoms with Gasteiger partial charge in [0.15, 0.2) is 5.69 Å². The monoisotopic (exact) mass is 860 g/mol. The predicted molar refractivity (Wildman–Crippen MR) is 251 cm³/mol. The van der Waals surface area contributed by atoms with Gasteiger partial charge in [0.05, 0.1) is 64.2 Å². The first kappa shape index (κ1) is 40.6. The molecule has 310 valence electrons. The Morgan fingerprint density at radius 2 is 0.833 bits per heavy atom. The number of nitrogens with zero attached hydrogens (tertiary/aromatic N) is 6. The lowest BCUT2D eigenvalue weighted by Gasteiger charge is -2.30. The van der Waals surface area contributed by atoms with Crippen molar-refractivity contribution in [2.75, 3.05) is 9.80 Å². The Hall–Kier alpha value is -9.48. The third-order valence-electron chi connectivity index (χ3n) is 11.8. The quantitative estimate of drug-likeness (QED) is 0.0863. The number of benzene rings is 10. The maximum Gasteiger partial charge on any atom is 0.187 e. The number of nitriles is 3. The molecule has 0 bridgehead atoms. The van der Waals surface area contributed by atoms with Gasteiger partial charge in [-0.25, -0.2) is 22.4 Å². The van der Waals surface area contributed by atoms with Gasteiger partial charge in [-0.1, -0.05) is 72.8 Å². The molecule has 0 aliphatic heterocycles. The topological polar surface area (TPSA) is 82.2 Å². The van der Waals surface area contributed by atoms with E-state index >= 15 is 17.6 Å². The Kier molecular flexibility index (Phi) is 10.0. The second-order valence-corrected chi connectivity index (χ2v) is 15.5. The highest BCUT2D eigenvalue weighted by molar-refractivity contribution is 6.28. The van der Waals surface area contributed by atoms with Crippen LogP contribution in [0.15, 0.2) is 170 Å². The van der Waals surface area contributed by atoms with E-state index in [0.717, 1.165) is 33.7 Å². The van der Waals surface area contributed by atoms with E-state index in [1.165, 1.54) is 24.3 Å². The first-order valence-electron chi connectivity index (χ1n) is 20.5. The second-order valence-electron chi connectivity index (χ2n) is 15.5. The molecule has 0 aromatic heterocycles. The Balaban J connectivity index is 1.23. The van der Waals surface area contributed by atoms with Crippen LogP contribution in [0, 0.1) is 63.8 Å². The average molecular weight is 861 g/mol. The highest BCUT2D eigenvalue weighted by Crippen LogP contribution is 2.49. The smallest absolute Gasteiger partial charge is 0.187 e. The Labute approximate surface area is 375 Å². The zero-order valence-corrected chi connectivity index (χ0v) is 34.4. The zero-order valence-electron chi connectivity index (χ0n) is 34.4. The number of rotatable bonds is 8. The summed E-state index contributed by atoms with van der Waals surface area (Å²) in [6.07, 6.45) is 0. The lowest BCUT2D eigenvalue weighted by Crippen LogP contribution is -2.14. The molecule has 0 saturated carbocycles. The van der Waals surface area contributed by atoms with Crippen molar-refractivity contribution in [2.24, 2.45) is 0 Å². The van der Waals surface area contributed by atoms with Crippen LogP contribution in [-0.4, -0.2) is 0 Å². The van der Waals surface area contributed by atoms with Gasteiger partial charge in [0, 0.05) is 45.4 Å². The highest BCUT2D eigenvalue weighted by atomic mass is 19.1. The molecule has 0 fully saturated rings. The van der Waals surface area contributed by atoms with Crippen molar-refractivity contribution in [1.29, 1.82) is 15.8 Å². The Morgan fingerprint density at radius 3 is 1.26 bits per heavy atom. The lowest BCUT2D eigenvalue weighted by atomic mass is 9.91. The molecule has 0 aliphatic carbocycles. The fourth-order valence-electron chi connectivity index (χ4n) is 8.71. The van der Waals surface area contributed by atoms with Crippen molar-refractivity contribution in [2.45, 2.75) is 0 Å². The van der Waals surface area contributed by atoms with Crippen LogP contribution in [0.5, 0.6) is 0 Å². The van der Waals surface area contributed by atoms with E-state index in [9.17, 15) is 15.8 Å². The molecule has 0 saturated heterocycles. The third-order valence-corrected chi connectivity index (χ3v) is 11.8. The molecular formula is C56H28F4N6. The SMILES string of the molecule is [C-]#[N+]c1ccc(N(c2cc(-c3cccc(C#N)c3)c(F)cc2F)c2ccc3ccc4c(N(c5ccc(C#N)cc5)c5cc(-c6cccc(C#N)c6)c(F)cc5F)ccc5ccc2c3c54)cc1. The molecule has 66 heavy (non-hydrogen) atoms. The maximum absolute atomic E-state index is 16.5. The van der Waals surface area contributed by atoms with Crippen LogP contribution < -0.4 is 9.80 Å². The summed E-state index contributed by atoms with van der Waals surface area (Å²) in [5, 5.41) is 33.5. The van der Waals surface area contributed by atoms with Crippen LogP contribution in [0.3, 0.4) is 0 Å². The second kappa shape index (κ2) is 16.3. The van der Waals surface area contributed by atoms with E-state index in [-0.39, 0.29) is 22.5 Å². The molecule has 0 heterocycles. The van der Waals surface area contributed by atoms with Crippen molar-refractivity contribution >= 4 is 72.1 Å². The standard InChI is InChI=1S/C56H28F4N6/c1-64-40-14-18-42(19-15-40)66(54-27-46(48(58)29-50(54)60)39-7-3-5-35(25-39)32-63)52-23-13-37-10-20-43-51(22-12-36-11-21-44(52)56(37)55(36)43)65(41-16-8-33(30-61)9-17-41)53-26-45(47(57)28-49(53)59)38-6-2-4-34(24-38)31-62/h2-29H. The Morgan fingerprint density at radius 1 is 0.409 bits per heavy atom. The van der Waals surface area contributed by atoms with Crippen LogP contribution in [0.2, 0.25) is 0 Å². The first-order chi connectivity index (χ1) is 32.2. The van der Waals surface area contributed by atoms with Crippen molar-refractivity contribution in [3.63, 3.8) is 0 Å². The van der Waals surface area contributed by atoms with Gasteiger partial charge in [0.25, 0.3) is 0 Å². The summed E-state index contributed by atoms with van der Waals surface area (Å²) in [6, 6.07) is 52.0. The summed E-state index contributed by atoms with van der Waals surface area (Å²) in [5.41, 5.74) is 4.28. The van der Waals surface area contributed by atoms with Gasteiger partial charge in [0.2, 0.25) is 0 Å². The molecule has 10 aromatic rings. The molecule has 6 nitrogen and oxygen atoms in total. The van der Waals surface area contributed by atoms with Gasteiger partial charge in [-0.15, -0.1) is 0 Å². The molecule has 0 N–H and O–H groups in total. The summed E-state index contributed by atoms with van der Waals surface area (Å²) in [6.45, 7) is 7.58. The van der Waals surface area contributed by atoms with E-state index in [0.29, 0.717) is 67.0 Å². The van der Waals surface area contributed by atoms with E-state index in [1.54, 1.807) is 94.7 Å². The minimum Gasteiger partial charge on any atom is -0.307 e. The van der Waals surface area contributed by atoms with E-state index in [4.69, 9.17) is 6.57 Å². The fourth-order valence-corrected chi connectivity index (χ4v) is 8.71. The van der Waals surface area contributed by atoms with Crippen LogP contribution in [0.1, 0.15) is 16.7 Å². The Bertz CT molecular complexity index is 3520. The minimum absolute atomic E-state index is 0.00567. The average Bonchev–Trinajstić information content (AvgIpc) is 3.35. The van der Waals surface area contributed by atoms with Crippen LogP contribution in [0.25, 0.3) is 59.4 Å². The van der Waals surface area contributed by atoms with Gasteiger partial charge in [-0.05, 0) is 118 Å². The van der Waals surface area contributed by atoms with Gasteiger partial charge >= 0.3 is 0 Å². The molecular weight excluding hydrogens is 833 g/mol. The molecule has 0 spiro atoms. The third kappa shape index (κ3) is 6.89. The van der Waals surface area contributed by atoms with Gasteiger partial charge < -0.3 is 9.80 Å². The van der Waals surface area contributed by atoms with Gasteiger partial charge in [-0.3, -0.25) is 0 Å². The van der Waals surface area contributed by atoms with Crippen molar-refractivity contribution in [3.8, 4) is 40.5 Å². The van der Waals surface area contributed by atoms with Gasteiger partial charge in [-0.2, -0.15) is 15.8 Å². The first-order valence-corrected chi connectivity index (χ1v) is 20.5. The van der Waals surface area contributed by atoms with Gasteiger partial charge in [0.1, 0.15) is 23.3 Å². The highest BCUT2D eigenvalue weighted by Gasteiger charge is 2.26.